The molecule has 0 amide bonds. The molecular formula is C13H22OS. The van der Waals surface area contributed by atoms with Crippen LogP contribution in [0.5, 0.6) is 0 Å². The summed E-state index contributed by atoms with van der Waals surface area (Å²) < 4.78 is 0. The van der Waals surface area contributed by atoms with Crippen molar-refractivity contribution in [2.24, 2.45) is 5.41 Å². The molecular weight excluding hydrogens is 204 g/mol. The van der Waals surface area contributed by atoms with Crippen molar-refractivity contribution in [3.05, 3.63) is 21.9 Å². The van der Waals surface area contributed by atoms with Crippen molar-refractivity contribution in [3.8, 4) is 0 Å². The van der Waals surface area contributed by atoms with E-state index in [2.05, 4.69) is 39.8 Å². The molecule has 1 nitrogen and oxygen atoms in total. The first-order chi connectivity index (χ1) is 6.90. The van der Waals surface area contributed by atoms with Gasteiger partial charge in [-0.3, -0.25) is 0 Å². The van der Waals surface area contributed by atoms with Gasteiger partial charge in [-0.2, -0.15) is 0 Å². The van der Waals surface area contributed by atoms with E-state index in [1.54, 1.807) is 0 Å². The first-order valence-electron chi connectivity index (χ1n) is 5.66. The lowest BCUT2D eigenvalue weighted by atomic mass is 9.88. The number of hydrogen-bond acceptors (Lipinski definition) is 2. The maximum atomic E-state index is 9.93. The topological polar surface area (TPSA) is 20.2 Å². The van der Waals surface area contributed by atoms with Crippen LogP contribution >= 0.6 is 11.3 Å². The largest absolute Gasteiger partial charge is 0.393 e. The van der Waals surface area contributed by atoms with Gasteiger partial charge in [0.1, 0.15) is 0 Å². The van der Waals surface area contributed by atoms with Gasteiger partial charge in [-0.15, -0.1) is 11.3 Å². The summed E-state index contributed by atoms with van der Waals surface area (Å²) in [6.45, 7) is 8.67. The summed E-state index contributed by atoms with van der Waals surface area (Å²) in [6.07, 6.45) is 2.57. The monoisotopic (exact) mass is 226 g/mol. The second-order valence-corrected chi connectivity index (χ2v) is 6.60. The highest BCUT2D eigenvalue weighted by Gasteiger charge is 2.17. The zero-order chi connectivity index (χ0) is 11.5. The summed E-state index contributed by atoms with van der Waals surface area (Å²) in [5.41, 5.74) is 0.213. The summed E-state index contributed by atoms with van der Waals surface area (Å²) in [4.78, 5) is 2.72. The van der Waals surface area contributed by atoms with Crippen LogP contribution in [0, 0.1) is 5.41 Å². The van der Waals surface area contributed by atoms with Crippen LogP contribution in [0.15, 0.2) is 12.1 Å². The quantitative estimate of drug-likeness (QED) is 0.831. The van der Waals surface area contributed by atoms with E-state index in [0.717, 1.165) is 19.3 Å². The molecule has 0 aromatic carbocycles. The molecule has 1 aromatic heterocycles. The minimum Gasteiger partial charge on any atom is -0.393 e. The molecule has 0 fully saturated rings. The van der Waals surface area contributed by atoms with Crippen LogP contribution in [0.1, 0.15) is 43.9 Å². The Morgan fingerprint density at radius 3 is 2.33 bits per heavy atom. The van der Waals surface area contributed by atoms with Gasteiger partial charge in [-0.25, -0.2) is 0 Å². The lowest BCUT2D eigenvalue weighted by Gasteiger charge is -2.21. The van der Waals surface area contributed by atoms with Crippen LogP contribution < -0.4 is 0 Å². The van der Waals surface area contributed by atoms with Gasteiger partial charge in [-0.1, -0.05) is 27.7 Å². The van der Waals surface area contributed by atoms with Crippen molar-refractivity contribution in [3.63, 3.8) is 0 Å². The molecule has 0 aliphatic carbocycles. The number of aliphatic hydroxyl groups is 1. The Labute approximate surface area is 97.2 Å². The predicted octanol–water partition coefficient (Wildman–Crippen LogP) is 3.65. The zero-order valence-electron chi connectivity index (χ0n) is 10.2. The molecule has 1 aromatic rings. The van der Waals surface area contributed by atoms with E-state index in [0.29, 0.717) is 0 Å². The zero-order valence-corrected chi connectivity index (χ0v) is 11.0. The van der Waals surface area contributed by atoms with E-state index >= 15 is 0 Å². The highest BCUT2D eigenvalue weighted by molar-refractivity contribution is 7.11. The maximum Gasteiger partial charge on any atom is 0.0593 e. The third-order valence-corrected chi connectivity index (χ3v) is 3.60. The minimum atomic E-state index is -0.201. The summed E-state index contributed by atoms with van der Waals surface area (Å²) in [7, 11) is 0. The van der Waals surface area contributed by atoms with Crippen LogP contribution in [-0.4, -0.2) is 11.2 Å². The molecule has 1 unspecified atom stereocenters. The van der Waals surface area contributed by atoms with Crippen molar-refractivity contribution in [1.29, 1.82) is 0 Å². The van der Waals surface area contributed by atoms with Crippen LogP contribution in [0.25, 0.3) is 0 Å². The Morgan fingerprint density at radius 1 is 1.27 bits per heavy atom. The molecule has 0 bridgehead atoms. The van der Waals surface area contributed by atoms with Crippen LogP contribution in [0.4, 0.5) is 0 Å². The Bertz CT molecular complexity index is 296. The average Bonchev–Trinajstić information content (AvgIpc) is 2.48. The van der Waals surface area contributed by atoms with Crippen molar-refractivity contribution in [2.45, 2.75) is 53.1 Å². The van der Waals surface area contributed by atoms with E-state index in [1.807, 2.05) is 11.3 Å². The van der Waals surface area contributed by atoms with Crippen molar-refractivity contribution < 1.29 is 5.11 Å². The van der Waals surface area contributed by atoms with Crippen molar-refractivity contribution in [2.75, 3.05) is 0 Å². The van der Waals surface area contributed by atoms with Crippen molar-refractivity contribution >= 4 is 11.3 Å². The Hall–Kier alpha value is -0.340. The summed E-state index contributed by atoms with van der Waals surface area (Å²) >= 11 is 1.83. The van der Waals surface area contributed by atoms with Gasteiger partial charge in [0, 0.05) is 16.2 Å². The predicted molar refractivity (Wildman–Crippen MR) is 67.5 cm³/mol. The van der Waals surface area contributed by atoms with Gasteiger partial charge in [0.05, 0.1) is 6.10 Å². The van der Waals surface area contributed by atoms with Gasteiger partial charge in [0.2, 0.25) is 0 Å². The average molecular weight is 226 g/mol. The molecule has 0 saturated carbocycles. The standard InChI is InChI=1S/C13H22OS/c1-5-11-6-7-12(15-11)8-10(14)9-13(2,3)4/h6-7,10,14H,5,8-9H2,1-4H3. The molecule has 0 saturated heterocycles. The summed E-state index contributed by atoms with van der Waals surface area (Å²) in [6, 6.07) is 4.32. The highest BCUT2D eigenvalue weighted by Crippen LogP contribution is 2.25. The van der Waals surface area contributed by atoms with E-state index in [9.17, 15) is 5.11 Å². The number of rotatable bonds is 4. The fourth-order valence-corrected chi connectivity index (χ4v) is 2.76. The number of hydrogen-bond donors (Lipinski definition) is 1. The molecule has 2 heteroatoms. The summed E-state index contributed by atoms with van der Waals surface area (Å²) in [5, 5.41) is 9.93. The Kier molecular flexibility index (Phi) is 4.35. The Balaban J connectivity index is 2.47. The molecule has 1 heterocycles. The van der Waals surface area contributed by atoms with Gasteiger partial charge in [0.15, 0.2) is 0 Å². The molecule has 0 radical (unpaired) electrons. The Morgan fingerprint density at radius 2 is 1.87 bits per heavy atom. The van der Waals surface area contributed by atoms with Crippen LogP contribution in [0.2, 0.25) is 0 Å². The third kappa shape index (κ3) is 4.80. The molecule has 1 N–H and O–H groups in total. The van der Waals surface area contributed by atoms with E-state index < -0.39 is 0 Å². The van der Waals surface area contributed by atoms with E-state index in [1.165, 1.54) is 9.75 Å². The number of aryl methyl sites for hydroxylation is 1. The normalized spacial score (nSPS) is 14.2. The SMILES string of the molecule is CCc1ccc(CC(O)CC(C)(C)C)s1. The highest BCUT2D eigenvalue weighted by atomic mass is 32.1. The van der Waals surface area contributed by atoms with Gasteiger partial charge in [0.25, 0.3) is 0 Å². The van der Waals surface area contributed by atoms with Crippen molar-refractivity contribution in [1.82, 2.24) is 0 Å². The summed E-state index contributed by atoms with van der Waals surface area (Å²) in [5.74, 6) is 0. The number of aliphatic hydroxyl groups excluding tert-OH is 1. The first kappa shape index (κ1) is 12.7. The molecule has 0 spiro atoms. The van der Waals surface area contributed by atoms with Crippen LogP contribution in [0.3, 0.4) is 0 Å². The van der Waals surface area contributed by atoms with Gasteiger partial charge >= 0.3 is 0 Å². The minimum absolute atomic E-state index is 0.201. The lowest BCUT2D eigenvalue weighted by Crippen LogP contribution is -2.19. The fourth-order valence-electron chi connectivity index (χ4n) is 1.73. The second kappa shape index (κ2) is 5.13. The molecule has 15 heavy (non-hydrogen) atoms. The van der Waals surface area contributed by atoms with Gasteiger partial charge in [-0.05, 0) is 30.4 Å². The molecule has 0 aliphatic heterocycles. The maximum absolute atomic E-state index is 9.93. The third-order valence-electron chi connectivity index (χ3n) is 2.35. The molecule has 1 rings (SSSR count). The fraction of sp³-hybridized carbons (Fsp3) is 0.692. The molecule has 86 valence electrons. The number of thiophene rings is 1. The second-order valence-electron chi connectivity index (χ2n) is 5.34. The first-order valence-corrected chi connectivity index (χ1v) is 6.48. The van der Waals surface area contributed by atoms with Crippen LogP contribution in [-0.2, 0) is 12.8 Å². The molecule has 0 aliphatic rings. The van der Waals surface area contributed by atoms with Gasteiger partial charge < -0.3 is 5.11 Å². The smallest absolute Gasteiger partial charge is 0.0593 e. The molecule has 1 atom stereocenters. The van der Waals surface area contributed by atoms with E-state index in [4.69, 9.17) is 0 Å². The lowest BCUT2D eigenvalue weighted by molar-refractivity contribution is 0.122. The van der Waals surface area contributed by atoms with E-state index in [-0.39, 0.29) is 11.5 Å².